The number of rotatable bonds is 6. The zero-order chi connectivity index (χ0) is 15.3. The van der Waals surface area contributed by atoms with Crippen LogP contribution in [0.5, 0.6) is 0 Å². The molecule has 0 aliphatic heterocycles. The molecule has 1 heterocycles. The Morgan fingerprint density at radius 1 is 1.45 bits per heavy atom. The second kappa shape index (κ2) is 7.14. The minimum absolute atomic E-state index is 0.192. The lowest BCUT2D eigenvalue weighted by molar-refractivity contribution is -0.138. The number of halogens is 1. The van der Waals surface area contributed by atoms with Crippen LogP contribution in [0.25, 0.3) is 0 Å². The maximum Gasteiger partial charge on any atom is 0.325 e. The lowest BCUT2D eigenvalue weighted by atomic mass is 10.3. The first-order valence-corrected chi connectivity index (χ1v) is 6.79. The molecule has 1 rings (SSSR count). The highest BCUT2D eigenvalue weighted by Gasteiger charge is 2.17. The van der Waals surface area contributed by atoms with Gasteiger partial charge in [-0.2, -0.15) is 5.10 Å². The van der Waals surface area contributed by atoms with E-state index in [1.54, 1.807) is 4.68 Å². The first-order valence-electron chi connectivity index (χ1n) is 6.41. The number of aryl methyl sites for hydroxylation is 2. The van der Waals surface area contributed by atoms with Crippen molar-refractivity contribution in [3.8, 4) is 0 Å². The Morgan fingerprint density at radius 2 is 2.10 bits per heavy atom. The average molecular weight is 303 g/mol. The smallest absolute Gasteiger partial charge is 0.325 e. The van der Waals surface area contributed by atoms with Gasteiger partial charge in [0, 0.05) is 6.54 Å². The first-order chi connectivity index (χ1) is 9.40. The SMILES string of the molecule is CCc1nn(CC)c(CNC(=O)NC(C)C(=O)O)c1Cl. The molecule has 3 N–H and O–H groups in total. The maximum atomic E-state index is 11.6. The zero-order valence-electron chi connectivity index (χ0n) is 11.7. The van der Waals surface area contributed by atoms with E-state index in [1.807, 2.05) is 13.8 Å². The van der Waals surface area contributed by atoms with E-state index in [4.69, 9.17) is 16.7 Å². The van der Waals surface area contributed by atoms with Gasteiger partial charge in [0.2, 0.25) is 0 Å². The molecule has 0 fully saturated rings. The lowest BCUT2D eigenvalue weighted by Crippen LogP contribution is -2.44. The molecular weight excluding hydrogens is 284 g/mol. The Kier molecular flexibility index (Phi) is 5.82. The van der Waals surface area contributed by atoms with Gasteiger partial charge in [0.25, 0.3) is 0 Å². The van der Waals surface area contributed by atoms with Crippen LogP contribution < -0.4 is 10.6 Å². The predicted molar refractivity (Wildman–Crippen MR) is 74.8 cm³/mol. The lowest BCUT2D eigenvalue weighted by Gasteiger charge is -2.11. The molecule has 0 spiro atoms. The Morgan fingerprint density at radius 3 is 2.60 bits per heavy atom. The molecule has 2 amide bonds. The monoisotopic (exact) mass is 302 g/mol. The van der Waals surface area contributed by atoms with E-state index in [0.29, 0.717) is 23.7 Å². The van der Waals surface area contributed by atoms with Crippen molar-refractivity contribution in [1.82, 2.24) is 20.4 Å². The van der Waals surface area contributed by atoms with Crippen LogP contribution >= 0.6 is 11.6 Å². The summed E-state index contributed by atoms with van der Waals surface area (Å²) in [4.78, 5) is 22.2. The fraction of sp³-hybridized carbons (Fsp3) is 0.583. The molecule has 8 heteroatoms. The van der Waals surface area contributed by atoms with Gasteiger partial charge in [-0.1, -0.05) is 18.5 Å². The molecule has 1 aromatic heterocycles. The van der Waals surface area contributed by atoms with Gasteiger partial charge in [-0.15, -0.1) is 0 Å². The number of carbonyl (C=O) groups excluding carboxylic acids is 1. The van der Waals surface area contributed by atoms with Gasteiger partial charge in [0.05, 0.1) is 23.0 Å². The summed E-state index contributed by atoms with van der Waals surface area (Å²) in [5.41, 5.74) is 1.49. The third-order valence-electron chi connectivity index (χ3n) is 2.83. The van der Waals surface area contributed by atoms with E-state index in [9.17, 15) is 9.59 Å². The highest BCUT2D eigenvalue weighted by molar-refractivity contribution is 6.31. The third-order valence-corrected chi connectivity index (χ3v) is 3.26. The number of hydrogen-bond acceptors (Lipinski definition) is 3. The minimum atomic E-state index is -1.09. The maximum absolute atomic E-state index is 11.6. The largest absolute Gasteiger partial charge is 0.480 e. The molecule has 0 aliphatic rings. The summed E-state index contributed by atoms with van der Waals surface area (Å²) in [6.45, 7) is 6.10. The Balaban J connectivity index is 2.68. The van der Waals surface area contributed by atoms with Crippen molar-refractivity contribution < 1.29 is 14.7 Å². The van der Waals surface area contributed by atoms with Gasteiger partial charge in [-0.25, -0.2) is 4.79 Å². The van der Waals surface area contributed by atoms with Crippen molar-refractivity contribution in [1.29, 1.82) is 0 Å². The standard InChI is InChI=1S/C12H19ClN4O3/c1-4-8-10(13)9(17(5-2)16-8)6-14-12(20)15-7(3)11(18)19/h7H,4-6H2,1-3H3,(H,18,19)(H2,14,15,20). The van der Waals surface area contributed by atoms with Crippen molar-refractivity contribution in [2.45, 2.75) is 46.3 Å². The van der Waals surface area contributed by atoms with Crippen molar-refractivity contribution in [2.75, 3.05) is 0 Å². The van der Waals surface area contributed by atoms with Crippen LogP contribution in [0.4, 0.5) is 4.79 Å². The quantitative estimate of drug-likeness (QED) is 0.740. The van der Waals surface area contributed by atoms with E-state index in [2.05, 4.69) is 15.7 Å². The summed E-state index contributed by atoms with van der Waals surface area (Å²) < 4.78 is 1.72. The van der Waals surface area contributed by atoms with Crippen LogP contribution in [0.1, 0.15) is 32.2 Å². The van der Waals surface area contributed by atoms with Gasteiger partial charge < -0.3 is 15.7 Å². The molecule has 1 atom stereocenters. The van der Waals surface area contributed by atoms with Crippen LogP contribution in [0, 0.1) is 0 Å². The summed E-state index contributed by atoms with van der Waals surface area (Å²) >= 11 is 6.20. The van der Waals surface area contributed by atoms with Gasteiger partial charge in [-0.05, 0) is 20.3 Å². The minimum Gasteiger partial charge on any atom is -0.480 e. The van der Waals surface area contributed by atoms with Crippen LogP contribution in [0.3, 0.4) is 0 Å². The van der Waals surface area contributed by atoms with Crippen LogP contribution in [-0.4, -0.2) is 32.9 Å². The number of amides is 2. The fourth-order valence-electron chi connectivity index (χ4n) is 1.66. The normalized spacial score (nSPS) is 12.0. The molecule has 112 valence electrons. The van der Waals surface area contributed by atoms with Crippen LogP contribution in [-0.2, 0) is 24.3 Å². The van der Waals surface area contributed by atoms with Crippen molar-refractivity contribution in [2.24, 2.45) is 0 Å². The van der Waals surface area contributed by atoms with Gasteiger partial charge in [0.15, 0.2) is 0 Å². The molecule has 20 heavy (non-hydrogen) atoms. The molecule has 0 bridgehead atoms. The second-order valence-electron chi connectivity index (χ2n) is 4.26. The molecule has 0 saturated carbocycles. The van der Waals surface area contributed by atoms with E-state index in [-0.39, 0.29) is 6.54 Å². The van der Waals surface area contributed by atoms with Crippen molar-refractivity contribution >= 4 is 23.6 Å². The Hall–Kier alpha value is -1.76. The van der Waals surface area contributed by atoms with Crippen molar-refractivity contribution in [3.05, 3.63) is 16.4 Å². The fourth-order valence-corrected chi connectivity index (χ4v) is 2.00. The summed E-state index contributed by atoms with van der Waals surface area (Å²) in [5, 5.41) is 18.5. The summed E-state index contributed by atoms with van der Waals surface area (Å²) in [6, 6.07) is -1.51. The molecular formula is C12H19ClN4O3. The molecule has 1 unspecified atom stereocenters. The highest BCUT2D eigenvalue weighted by atomic mass is 35.5. The molecule has 0 saturated heterocycles. The summed E-state index contributed by atoms with van der Waals surface area (Å²) in [5.74, 6) is -1.09. The first kappa shape index (κ1) is 16.3. The molecule has 0 aliphatic carbocycles. The zero-order valence-corrected chi connectivity index (χ0v) is 12.5. The number of carbonyl (C=O) groups is 2. The number of nitrogens with zero attached hydrogens (tertiary/aromatic N) is 2. The highest BCUT2D eigenvalue weighted by Crippen LogP contribution is 2.21. The number of urea groups is 1. The predicted octanol–water partition coefficient (Wildman–Crippen LogP) is 1.39. The van der Waals surface area contributed by atoms with Crippen LogP contribution in [0.15, 0.2) is 0 Å². The van der Waals surface area contributed by atoms with E-state index in [1.165, 1.54) is 6.92 Å². The number of carboxylic acids is 1. The van der Waals surface area contributed by atoms with Gasteiger partial charge in [-0.3, -0.25) is 9.48 Å². The van der Waals surface area contributed by atoms with Crippen molar-refractivity contribution in [3.63, 3.8) is 0 Å². The number of nitrogens with one attached hydrogen (secondary N) is 2. The topological polar surface area (TPSA) is 96.3 Å². The van der Waals surface area contributed by atoms with Gasteiger partial charge >= 0.3 is 12.0 Å². The van der Waals surface area contributed by atoms with E-state index < -0.39 is 18.0 Å². The Labute approximate surface area is 122 Å². The second-order valence-corrected chi connectivity index (χ2v) is 4.64. The number of carboxylic acid groups (broad SMARTS) is 1. The number of hydrogen-bond donors (Lipinski definition) is 3. The van der Waals surface area contributed by atoms with Gasteiger partial charge in [0.1, 0.15) is 6.04 Å². The molecule has 0 radical (unpaired) electrons. The molecule has 0 aromatic carbocycles. The van der Waals surface area contributed by atoms with E-state index in [0.717, 1.165) is 5.69 Å². The Bertz CT molecular complexity index is 501. The summed E-state index contributed by atoms with van der Waals surface area (Å²) in [6.07, 6.45) is 0.709. The van der Waals surface area contributed by atoms with Crippen LogP contribution in [0.2, 0.25) is 5.02 Å². The number of aliphatic carboxylic acids is 1. The molecule has 1 aromatic rings. The average Bonchev–Trinajstić information content (AvgIpc) is 2.72. The summed E-state index contributed by atoms with van der Waals surface area (Å²) in [7, 11) is 0. The third kappa shape index (κ3) is 3.86. The molecule has 7 nitrogen and oxygen atoms in total. The van der Waals surface area contributed by atoms with E-state index >= 15 is 0 Å². The number of aromatic nitrogens is 2.